The van der Waals surface area contributed by atoms with Crippen molar-refractivity contribution in [3.05, 3.63) is 0 Å². The summed E-state index contributed by atoms with van der Waals surface area (Å²) < 4.78 is 0. The summed E-state index contributed by atoms with van der Waals surface area (Å²) in [6.45, 7) is 5.38. The number of rotatable bonds is 5. The van der Waals surface area contributed by atoms with Gasteiger partial charge in [0.15, 0.2) is 0 Å². The Hall–Kier alpha value is -0.120. The standard InChI is InChI=1S/C13H29N3/c1-11(2)8-12-6-5-7-13(9-12,10-14)15-16(3)4/h11-12,15H,5-10,14H2,1-4H3. The summed E-state index contributed by atoms with van der Waals surface area (Å²) in [5.41, 5.74) is 9.70. The van der Waals surface area contributed by atoms with Crippen LogP contribution in [0.4, 0.5) is 0 Å². The van der Waals surface area contributed by atoms with E-state index in [1.165, 1.54) is 32.1 Å². The molecule has 3 N–H and O–H groups in total. The van der Waals surface area contributed by atoms with Crippen LogP contribution in [0.15, 0.2) is 0 Å². The molecule has 0 heterocycles. The van der Waals surface area contributed by atoms with Crippen LogP contribution in [0.3, 0.4) is 0 Å². The third-order valence-corrected chi connectivity index (χ3v) is 3.60. The number of nitrogens with two attached hydrogens (primary N) is 1. The lowest BCUT2D eigenvalue weighted by molar-refractivity contribution is 0.0909. The van der Waals surface area contributed by atoms with Crippen molar-refractivity contribution in [3.8, 4) is 0 Å². The third kappa shape index (κ3) is 4.04. The largest absolute Gasteiger partial charge is 0.329 e. The van der Waals surface area contributed by atoms with Crippen LogP contribution in [0, 0.1) is 11.8 Å². The first-order valence-corrected chi connectivity index (χ1v) is 6.62. The molecule has 3 heteroatoms. The van der Waals surface area contributed by atoms with Gasteiger partial charge in [0.25, 0.3) is 0 Å². The van der Waals surface area contributed by atoms with E-state index in [1.54, 1.807) is 0 Å². The van der Waals surface area contributed by atoms with Gasteiger partial charge in [-0.05, 0) is 31.1 Å². The number of nitrogens with one attached hydrogen (secondary N) is 1. The summed E-state index contributed by atoms with van der Waals surface area (Å²) in [7, 11) is 4.12. The van der Waals surface area contributed by atoms with Gasteiger partial charge in [-0.25, -0.2) is 5.43 Å². The van der Waals surface area contributed by atoms with E-state index in [9.17, 15) is 0 Å². The summed E-state index contributed by atoms with van der Waals surface area (Å²) in [6, 6.07) is 0. The maximum Gasteiger partial charge on any atom is 0.0450 e. The van der Waals surface area contributed by atoms with Crippen molar-refractivity contribution in [3.63, 3.8) is 0 Å². The Labute approximate surface area is 101 Å². The molecule has 1 rings (SSSR count). The minimum absolute atomic E-state index is 0.154. The fraction of sp³-hybridized carbons (Fsp3) is 1.00. The van der Waals surface area contributed by atoms with Gasteiger partial charge in [-0.2, -0.15) is 0 Å². The van der Waals surface area contributed by atoms with Crippen LogP contribution < -0.4 is 11.2 Å². The summed E-state index contributed by atoms with van der Waals surface area (Å²) in [5, 5.41) is 2.06. The number of nitrogens with zero attached hydrogens (tertiary/aromatic N) is 1. The van der Waals surface area contributed by atoms with E-state index in [1.807, 2.05) is 0 Å². The molecule has 0 aliphatic heterocycles. The molecule has 3 nitrogen and oxygen atoms in total. The molecule has 2 unspecified atom stereocenters. The van der Waals surface area contributed by atoms with Gasteiger partial charge in [-0.15, -0.1) is 0 Å². The Morgan fingerprint density at radius 2 is 2.12 bits per heavy atom. The van der Waals surface area contributed by atoms with Crippen molar-refractivity contribution in [2.24, 2.45) is 17.6 Å². The van der Waals surface area contributed by atoms with Crippen LogP contribution in [-0.2, 0) is 0 Å². The van der Waals surface area contributed by atoms with Crippen LogP contribution in [0.2, 0.25) is 0 Å². The lowest BCUT2D eigenvalue weighted by Crippen LogP contribution is -2.58. The molecule has 0 spiro atoms. The van der Waals surface area contributed by atoms with E-state index >= 15 is 0 Å². The topological polar surface area (TPSA) is 41.3 Å². The first-order chi connectivity index (χ1) is 7.47. The molecule has 1 fully saturated rings. The van der Waals surface area contributed by atoms with Crippen LogP contribution >= 0.6 is 0 Å². The molecule has 0 radical (unpaired) electrons. The molecule has 96 valence electrons. The second-order valence-corrected chi connectivity index (χ2v) is 6.08. The Bertz CT molecular complexity index is 203. The van der Waals surface area contributed by atoms with E-state index in [4.69, 9.17) is 5.73 Å². The van der Waals surface area contributed by atoms with Crippen molar-refractivity contribution in [1.82, 2.24) is 10.4 Å². The minimum atomic E-state index is 0.154. The predicted molar refractivity (Wildman–Crippen MR) is 70.0 cm³/mol. The van der Waals surface area contributed by atoms with Gasteiger partial charge < -0.3 is 5.73 Å². The molecule has 16 heavy (non-hydrogen) atoms. The normalized spacial score (nSPS) is 31.3. The fourth-order valence-corrected chi connectivity index (χ4v) is 3.16. The summed E-state index contributed by atoms with van der Waals surface area (Å²) >= 11 is 0. The molecule has 0 aromatic heterocycles. The molecule has 0 aromatic carbocycles. The van der Waals surface area contributed by atoms with Crippen LogP contribution in [-0.4, -0.2) is 31.2 Å². The highest BCUT2D eigenvalue weighted by atomic mass is 15.5. The maximum atomic E-state index is 5.99. The SMILES string of the molecule is CC(C)CC1CCCC(CN)(NN(C)C)C1. The molecule has 0 aromatic rings. The molecule has 0 amide bonds. The Balaban J connectivity index is 2.57. The van der Waals surface area contributed by atoms with E-state index < -0.39 is 0 Å². The Kier molecular flexibility index (Phi) is 5.22. The third-order valence-electron chi connectivity index (χ3n) is 3.60. The maximum absolute atomic E-state index is 5.99. The molecule has 0 bridgehead atoms. The predicted octanol–water partition coefficient (Wildman–Crippen LogP) is 1.99. The lowest BCUT2D eigenvalue weighted by Gasteiger charge is -2.43. The average molecular weight is 227 g/mol. The van der Waals surface area contributed by atoms with Crippen molar-refractivity contribution < 1.29 is 0 Å². The molecule has 1 aliphatic rings. The summed E-state index contributed by atoms with van der Waals surface area (Å²) in [4.78, 5) is 0. The van der Waals surface area contributed by atoms with Crippen molar-refractivity contribution in [2.75, 3.05) is 20.6 Å². The molecule has 1 saturated carbocycles. The Morgan fingerprint density at radius 1 is 1.44 bits per heavy atom. The zero-order valence-corrected chi connectivity index (χ0v) is 11.4. The highest BCUT2D eigenvalue weighted by molar-refractivity contribution is 4.93. The Morgan fingerprint density at radius 3 is 2.62 bits per heavy atom. The summed E-state index contributed by atoms with van der Waals surface area (Å²) in [5.74, 6) is 1.66. The first kappa shape index (κ1) is 13.9. The van der Waals surface area contributed by atoms with E-state index in [2.05, 4.69) is 38.4 Å². The van der Waals surface area contributed by atoms with Gasteiger partial charge in [0, 0.05) is 26.2 Å². The quantitative estimate of drug-likeness (QED) is 0.706. The van der Waals surface area contributed by atoms with Gasteiger partial charge in [-0.1, -0.05) is 26.7 Å². The zero-order chi connectivity index (χ0) is 12.2. The molecular formula is C13H29N3. The van der Waals surface area contributed by atoms with E-state index in [0.29, 0.717) is 0 Å². The van der Waals surface area contributed by atoms with E-state index in [0.717, 1.165) is 18.4 Å². The van der Waals surface area contributed by atoms with Gasteiger partial charge >= 0.3 is 0 Å². The summed E-state index contributed by atoms with van der Waals surface area (Å²) in [6.07, 6.45) is 6.50. The van der Waals surface area contributed by atoms with Crippen molar-refractivity contribution in [1.29, 1.82) is 0 Å². The van der Waals surface area contributed by atoms with Gasteiger partial charge in [0.1, 0.15) is 0 Å². The number of hydrogen-bond acceptors (Lipinski definition) is 3. The lowest BCUT2D eigenvalue weighted by atomic mass is 9.73. The fourth-order valence-electron chi connectivity index (χ4n) is 3.16. The zero-order valence-electron chi connectivity index (χ0n) is 11.4. The van der Waals surface area contributed by atoms with E-state index in [-0.39, 0.29) is 5.54 Å². The highest BCUT2D eigenvalue weighted by Crippen LogP contribution is 2.35. The van der Waals surface area contributed by atoms with Crippen molar-refractivity contribution in [2.45, 2.75) is 51.5 Å². The second-order valence-electron chi connectivity index (χ2n) is 6.08. The van der Waals surface area contributed by atoms with Crippen LogP contribution in [0.5, 0.6) is 0 Å². The van der Waals surface area contributed by atoms with Crippen molar-refractivity contribution >= 4 is 0 Å². The molecule has 0 saturated heterocycles. The minimum Gasteiger partial charge on any atom is -0.329 e. The van der Waals surface area contributed by atoms with Gasteiger partial charge in [0.2, 0.25) is 0 Å². The molecule has 2 atom stereocenters. The van der Waals surface area contributed by atoms with Crippen LogP contribution in [0.25, 0.3) is 0 Å². The first-order valence-electron chi connectivity index (χ1n) is 6.62. The monoisotopic (exact) mass is 227 g/mol. The second kappa shape index (κ2) is 5.99. The number of hydrazine groups is 1. The highest BCUT2D eigenvalue weighted by Gasteiger charge is 2.35. The average Bonchev–Trinajstić information content (AvgIpc) is 2.16. The van der Waals surface area contributed by atoms with Crippen LogP contribution in [0.1, 0.15) is 46.0 Å². The molecule has 1 aliphatic carbocycles. The van der Waals surface area contributed by atoms with Gasteiger partial charge in [-0.3, -0.25) is 5.01 Å². The molecular weight excluding hydrogens is 198 g/mol. The number of hydrogen-bond donors (Lipinski definition) is 2. The smallest absolute Gasteiger partial charge is 0.0450 e. The van der Waals surface area contributed by atoms with Gasteiger partial charge in [0.05, 0.1) is 0 Å².